The third kappa shape index (κ3) is 5.94. The quantitative estimate of drug-likeness (QED) is 0.593. The second kappa shape index (κ2) is 10.1. The first kappa shape index (κ1) is 20.1. The molecule has 0 aliphatic carbocycles. The van der Waals surface area contributed by atoms with Gasteiger partial charge in [0.25, 0.3) is 0 Å². The molecule has 2 fully saturated rings. The number of amides is 1. The minimum Gasteiger partial charge on any atom is -0.356 e. The van der Waals surface area contributed by atoms with E-state index in [9.17, 15) is 4.79 Å². The Bertz CT molecular complexity index is 604. The van der Waals surface area contributed by atoms with Gasteiger partial charge in [-0.15, -0.1) is 11.3 Å². The van der Waals surface area contributed by atoms with Gasteiger partial charge >= 0.3 is 0 Å². The predicted molar refractivity (Wildman–Crippen MR) is 112 cm³/mol. The normalized spacial score (nSPS) is 20.1. The lowest BCUT2D eigenvalue weighted by molar-refractivity contribution is -0.131. The van der Waals surface area contributed by atoms with Gasteiger partial charge in [-0.1, -0.05) is 13.0 Å². The van der Waals surface area contributed by atoms with E-state index in [1.165, 1.54) is 4.88 Å². The SMILES string of the molecule is CN=C(NCC(C)Cc1cccs1)N1CCN(CC(=O)N2CCCC2)CC1. The highest BCUT2D eigenvalue weighted by Crippen LogP contribution is 2.14. The lowest BCUT2D eigenvalue weighted by atomic mass is 10.1. The summed E-state index contributed by atoms with van der Waals surface area (Å²) in [6.45, 7) is 9.35. The molecule has 27 heavy (non-hydrogen) atoms. The smallest absolute Gasteiger partial charge is 0.236 e. The average molecular weight is 392 g/mol. The molecule has 2 aliphatic rings. The number of hydrogen-bond donors (Lipinski definition) is 1. The molecular weight excluding hydrogens is 358 g/mol. The van der Waals surface area contributed by atoms with Crippen molar-refractivity contribution in [3.8, 4) is 0 Å². The van der Waals surface area contributed by atoms with E-state index in [4.69, 9.17) is 0 Å². The van der Waals surface area contributed by atoms with Gasteiger partial charge in [-0.05, 0) is 36.6 Å². The second-order valence-corrected chi connectivity index (χ2v) is 8.70. The van der Waals surface area contributed by atoms with Gasteiger partial charge in [0.15, 0.2) is 5.96 Å². The molecule has 6 nitrogen and oxygen atoms in total. The zero-order valence-electron chi connectivity index (χ0n) is 16.7. The molecule has 0 bridgehead atoms. The van der Waals surface area contributed by atoms with Crippen LogP contribution < -0.4 is 5.32 Å². The summed E-state index contributed by atoms with van der Waals surface area (Å²) in [5.41, 5.74) is 0. The first-order valence-electron chi connectivity index (χ1n) is 10.1. The molecule has 1 unspecified atom stereocenters. The van der Waals surface area contributed by atoms with E-state index in [1.807, 2.05) is 23.3 Å². The van der Waals surface area contributed by atoms with E-state index >= 15 is 0 Å². The maximum absolute atomic E-state index is 12.3. The standard InChI is InChI=1S/C20H33N5OS/c1-17(14-18-6-5-13-27-18)15-22-20(21-2)25-11-9-23(10-12-25)16-19(26)24-7-3-4-8-24/h5-6,13,17H,3-4,7-12,14-16H2,1-2H3,(H,21,22). The molecule has 1 amide bonds. The number of guanidine groups is 1. The lowest BCUT2D eigenvalue weighted by Gasteiger charge is -2.37. The van der Waals surface area contributed by atoms with E-state index in [-0.39, 0.29) is 0 Å². The highest BCUT2D eigenvalue weighted by atomic mass is 32.1. The zero-order valence-corrected chi connectivity index (χ0v) is 17.5. The highest BCUT2D eigenvalue weighted by Gasteiger charge is 2.24. The van der Waals surface area contributed by atoms with Crippen LogP contribution in [-0.4, -0.2) is 86.0 Å². The van der Waals surface area contributed by atoms with Crippen LogP contribution in [-0.2, 0) is 11.2 Å². The van der Waals surface area contributed by atoms with Crippen LogP contribution in [0.3, 0.4) is 0 Å². The molecule has 3 heterocycles. The van der Waals surface area contributed by atoms with Crippen molar-refractivity contribution in [1.29, 1.82) is 0 Å². The largest absolute Gasteiger partial charge is 0.356 e. The zero-order chi connectivity index (χ0) is 19.1. The van der Waals surface area contributed by atoms with E-state index in [1.54, 1.807) is 0 Å². The van der Waals surface area contributed by atoms with Gasteiger partial charge in [0.05, 0.1) is 6.54 Å². The van der Waals surface area contributed by atoms with Gasteiger partial charge < -0.3 is 15.1 Å². The van der Waals surface area contributed by atoms with Crippen molar-refractivity contribution in [2.75, 3.05) is 59.4 Å². The van der Waals surface area contributed by atoms with Gasteiger partial charge in [-0.25, -0.2) is 0 Å². The molecule has 2 aliphatic heterocycles. The summed E-state index contributed by atoms with van der Waals surface area (Å²) >= 11 is 1.83. The minimum atomic E-state index is 0.297. The van der Waals surface area contributed by atoms with Crippen LogP contribution in [0.4, 0.5) is 0 Å². The summed E-state index contributed by atoms with van der Waals surface area (Å²) in [5.74, 6) is 1.85. The number of rotatable bonds is 6. The van der Waals surface area contributed by atoms with Gasteiger partial charge in [-0.3, -0.25) is 14.7 Å². The maximum Gasteiger partial charge on any atom is 0.236 e. The number of nitrogens with one attached hydrogen (secondary N) is 1. The topological polar surface area (TPSA) is 51.2 Å². The minimum absolute atomic E-state index is 0.297. The molecule has 0 spiro atoms. The first-order chi connectivity index (χ1) is 13.2. The van der Waals surface area contributed by atoms with Crippen molar-refractivity contribution >= 4 is 23.2 Å². The van der Waals surface area contributed by atoms with Crippen molar-refractivity contribution in [1.82, 2.24) is 20.0 Å². The first-order valence-corrected chi connectivity index (χ1v) is 11.0. The van der Waals surface area contributed by atoms with Gasteiger partial charge in [-0.2, -0.15) is 0 Å². The average Bonchev–Trinajstić information content (AvgIpc) is 3.37. The number of hydrogen-bond acceptors (Lipinski definition) is 4. The Hall–Kier alpha value is -1.60. The summed E-state index contributed by atoms with van der Waals surface area (Å²) in [4.78, 5) is 24.9. The Labute approximate surface area is 167 Å². The number of thiophene rings is 1. The van der Waals surface area contributed by atoms with Crippen molar-refractivity contribution in [2.45, 2.75) is 26.2 Å². The van der Waals surface area contributed by atoms with Crippen molar-refractivity contribution < 1.29 is 4.79 Å². The maximum atomic E-state index is 12.3. The van der Waals surface area contributed by atoms with Crippen LogP contribution in [0, 0.1) is 5.92 Å². The fraction of sp³-hybridized carbons (Fsp3) is 0.700. The lowest BCUT2D eigenvalue weighted by Crippen LogP contribution is -2.54. The molecule has 1 N–H and O–H groups in total. The molecule has 0 saturated carbocycles. The van der Waals surface area contributed by atoms with Crippen molar-refractivity contribution in [3.05, 3.63) is 22.4 Å². The number of likely N-dealkylation sites (tertiary alicyclic amines) is 1. The number of aliphatic imine (C=N–C) groups is 1. The van der Waals surface area contributed by atoms with E-state index in [2.05, 4.69) is 44.5 Å². The summed E-state index contributed by atoms with van der Waals surface area (Å²) < 4.78 is 0. The number of carbonyl (C=O) groups is 1. The molecule has 3 rings (SSSR count). The highest BCUT2D eigenvalue weighted by molar-refractivity contribution is 7.09. The molecule has 150 valence electrons. The summed E-state index contributed by atoms with van der Waals surface area (Å²) in [5, 5.41) is 5.68. The van der Waals surface area contributed by atoms with Crippen LogP contribution in [0.2, 0.25) is 0 Å². The van der Waals surface area contributed by atoms with Gasteiger partial charge in [0, 0.05) is 57.7 Å². The fourth-order valence-electron chi connectivity index (χ4n) is 3.82. The van der Waals surface area contributed by atoms with Gasteiger partial charge in [0.1, 0.15) is 0 Å². The van der Waals surface area contributed by atoms with Crippen molar-refractivity contribution in [3.63, 3.8) is 0 Å². The van der Waals surface area contributed by atoms with Crippen LogP contribution in [0.15, 0.2) is 22.5 Å². The summed E-state index contributed by atoms with van der Waals surface area (Å²) in [7, 11) is 1.86. The predicted octanol–water partition coefficient (Wildman–Crippen LogP) is 1.74. The van der Waals surface area contributed by atoms with Gasteiger partial charge in [0.2, 0.25) is 5.91 Å². The van der Waals surface area contributed by atoms with Crippen LogP contribution >= 0.6 is 11.3 Å². The molecule has 1 aromatic rings. The Kier molecular flexibility index (Phi) is 7.52. The molecular formula is C20H33N5OS. The van der Waals surface area contributed by atoms with Crippen LogP contribution in [0.25, 0.3) is 0 Å². The van der Waals surface area contributed by atoms with Crippen LogP contribution in [0.1, 0.15) is 24.6 Å². The number of carbonyl (C=O) groups excluding carboxylic acids is 1. The molecule has 1 atom stereocenters. The Balaban J connectivity index is 1.38. The van der Waals surface area contributed by atoms with Crippen LogP contribution in [0.5, 0.6) is 0 Å². The third-order valence-electron chi connectivity index (χ3n) is 5.44. The Morgan fingerprint density at radius 2 is 1.93 bits per heavy atom. The molecule has 2 saturated heterocycles. The van der Waals surface area contributed by atoms with Crippen molar-refractivity contribution in [2.24, 2.45) is 10.9 Å². The van der Waals surface area contributed by atoms with E-state index in [0.29, 0.717) is 18.4 Å². The fourth-order valence-corrected chi connectivity index (χ4v) is 4.69. The molecule has 1 aromatic heterocycles. The molecule has 0 radical (unpaired) electrons. The Morgan fingerprint density at radius 3 is 2.56 bits per heavy atom. The summed E-state index contributed by atoms with van der Waals surface area (Å²) in [6.07, 6.45) is 3.42. The second-order valence-electron chi connectivity index (χ2n) is 7.67. The van der Waals surface area contributed by atoms with E-state index < -0.39 is 0 Å². The number of nitrogens with zero attached hydrogens (tertiary/aromatic N) is 4. The molecule has 0 aromatic carbocycles. The molecule has 7 heteroatoms. The monoisotopic (exact) mass is 391 g/mol. The number of piperazine rings is 1. The third-order valence-corrected chi connectivity index (χ3v) is 6.34. The Morgan fingerprint density at radius 1 is 1.19 bits per heavy atom. The summed E-state index contributed by atoms with van der Waals surface area (Å²) in [6, 6.07) is 4.33. The van der Waals surface area contributed by atoms with E-state index in [0.717, 1.165) is 71.0 Å².